The van der Waals surface area contributed by atoms with Crippen molar-refractivity contribution in [3.8, 4) is 11.5 Å². The quantitative estimate of drug-likeness (QED) is 0.661. The van der Waals surface area contributed by atoms with Crippen molar-refractivity contribution < 1.29 is 15.0 Å². The van der Waals surface area contributed by atoms with Crippen molar-refractivity contribution in [3.63, 3.8) is 0 Å². The molecule has 3 aromatic rings. The van der Waals surface area contributed by atoms with Gasteiger partial charge in [0, 0.05) is 35.4 Å². The van der Waals surface area contributed by atoms with Crippen molar-refractivity contribution >= 4 is 22.5 Å². The Hall–Kier alpha value is -2.95. The van der Waals surface area contributed by atoms with Crippen LogP contribution in [0, 0.1) is 0 Å². The summed E-state index contributed by atoms with van der Waals surface area (Å²) in [5.74, 6) is -0.468. The molecular formula is C20H22N2O3. The molecule has 5 nitrogen and oxygen atoms in total. The molecule has 0 aliphatic carbocycles. The first-order chi connectivity index (χ1) is 11.9. The number of fused-ring (bicyclic) bond motifs is 1. The van der Waals surface area contributed by atoms with Gasteiger partial charge in [-0.1, -0.05) is 13.8 Å². The topological polar surface area (TPSA) is 76.6 Å². The van der Waals surface area contributed by atoms with Gasteiger partial charge in [-0.15, -0.1) is 0 Å². The van der Waals surface area contributed by atoms with Gasteiger partial charge in [-0.3, -0.25) is 4.79 Å². The van der Waals surface area contributed by atoms with E-state index in [0.29, 0.717) is 12.1 Å². The van der Waals surface area contributed by atoms with Gasteiger partial charge in [0.15, 0.2) is 0 Å². The van der Waals surface area contributed by atoms with Gasteiger partial charge in [0.05, 0.1) is 5.56 Å². The minimum atomic E-state index is -0.295. The number of carbonyl (C=O) groups is 1. The Morgan fingerprint density at radius 3 is 2.56 bits per heavy atom. The average molecular weight is 338 g/mol. The number of phenolic OH excluding ortho intramolecular Hbond substituents is 2. The predicted octanol–water partition coefficient (Wildman–Crippen LogP) is 4.37. The molecule has 5 heteroatoms. The van der Waals surface area contributed by atoms with E-state index in [-0.39, 0.29) is 28.9 Å². The minimum Gasteiger partial charge on any atom is -0.508 e. The Morgan fingerprint density at radius 1 is 1.12 bits per heavy atom. The van der Waals surface area contributed by atoms with Crippen molar-refractivity contribution in [1.82, 2.24) is 4.98 Å². The van der Waals surface area contributed by atoms with Crippen LogP contribution >= 0.6 is 0 Å². The molecule has 2 aromatic carbocycles. The highest BCUT2D eigenvalue weighted by Gasteiger charge is 2.22. The van der Waals surface area contributed by atoms with Crippen molar-refractivity contribution in [2.75, 3.05) is 11.4 Å². The fraction of sp³-hybridized carbons (Fsp3) is 0.250. The highest BCUT2D eigenvalue weighted by Crippen LogP contribution is 2.33. The molecule has 130 valence electrons. The molecule has 0 bridgehead atoms. The summed E-state index contributed by atoms with van der Waals surface area (Å²) in [7, 11) is 0. The molecule has 3 rings (SSSR count). The van der Waals surface area contributed by atoms with E-state index in [9.17, 15) is 15.0 Å². The van der Waals surface area contributed by atoms with Gasteiger partial charge in [-0.25, -0.2) is 0 Å². The molecule has 25 heavy (non-hydrogen) atoms. The van der Waals surface area contributed by atoms with Crippen LogP contribution in [0.2, 0.25) is 0 Å². The molecule has 0 saturated heterocycles. The lowest BCUT2D eigenvalue weighted by atomic mass is 9.98. The normalized spacial score (nSPS) is 11.2. The lowest BCUT2D eigenvalue weighted by Gasteiger charge is -2.22. The molecule has 1 amide bonds. The zero-order valence-electron chi connectivity index (χ0n) is 14.6. The zero-order chi connectivity index (χ0) is 18.1. The van der Waals surface area contributed by atoms with Crippen molar-refractivity contribution in [3.05, 3.63) is 53.7 Å². The number of anilines is 1. The number of amides is 1. The van der Waals surface area contributed by atoms with Crippen LogP contribution in [0.15, 0.2) is 42.6 Å². The van der Waals surface area contributed by atoms with Gasteiger partial charge in [0.25, 0.3) is 5.91 Å². The highest BCUT2D eigenvalue weighted by molar-refractivity contribution is 6.08. The monoisotopic (exact) mass is 338 g/mol. The Kier molecular flexibility index (Phi) is 4.40. The number of nitrogens with one attached hydrogen (secondary N) is 1. The van der Waals surface area contributed by atoms with E-state index < -0.39 is 0 Å². The Bertz CT molecular complexity index is 928. The molecule has 3 N–H and O–H groups in total. The van der Waals surface area contributed by atoms with E-state index in [2.05, 4.69) is 4.98 Å². The lowest BCUT2D eigenvalue weighted by molar-refractivity contribution is 0.0985. The first-order valence-electron chi connectivity index (χ1n) is 8.37. The van der Waals surface area contributed by atoms with E-state index in [1.165, 1.54) is 6.07 Å². The fourth-order valence-corrected chi connectivity index (χ4v) is 3.03. The van der Waals surface area contributed by atoms with Crippen LogP contribution in [0.4, 0.5) is 5.69 Å². The number of aromatic nitrogens is 1. The number of phenols is 2. The number of hydrogen-bond acceptors (Lipinski definition) is 3. The lowest BCUT2D eigenvalue weighted by Crippen LogP contribution is -2.30. The summed E-state index contributed by atoms with van der Waals surface area (Å²) >= 11 is 0. The molecule has 0 saturated carbocycles. The molecule has 0 unspecified atom stereocenters. The van der Waals surface area contributed by atoms with E-state index >= 15 is 0 Å². The minimum absolute atomic E-state index is 0.000779. The molecule has 0 fully saturated rings. The van der Waals surface area contributed by atoms with Crippen molar-refractivity contribution in [2.45, 2.75) is 26.7 Å². The second kappa shape index (κ2) is 6.51. The van der Waals surface area contributed by atoms with Crippen molar-refractivity contribution in [1.29, 1.82) is 0 Å². The molecule has 0 atom stereocenters. The van der Waals surface area contributed by atoms with Gasteiger partial charge in [-0.05, 0) is 48.7 Å². The second-order valence-corrected chi connectivity index (χ2v) is 6.38. The molecule has 0 radical (unpaired) electrons. The van der Waals surface area contributed by atoms with Crippen LogP contribution in [0.5, 0.6) is 11.5 Å². The summed E-state index contributed by atoms with van der Waals surface area (Å²) in [4.78, 5) is 17.8. The number of nitrogens with zero attached hydrogens (tertiary/aromatic N) is 1. The van der Waals surface area contributed by atoms with E-state index in [1.54, 1.807) is 11.0 Å². The van der Waals surface area contributed by atoms with Crippen LogP contribution in [0.1, 0.15) is 42.6 Å². The molecule has 0 spiro atoms. The maximum atomic E-state index is 13.0. The van der Waals surface area contributed by atoms with E-state index in [1.807, 2.05) is 51.2 Å². The second-order valence-electron chi connectivity index (χ2n) is 6.38. The van der Waals surface area contributed by atoms with Gasteiger partial charge in [0.1, 0.15) is 11.5 Å². The van der Waals surface area contributed by atoms with Crippen LogP contribution < -0.4 is 4.90 Å². The number of H-pyrrole nitrogens is 1. The number of carbonyl (C=O) groups excluding carboxylic acids is 1. The number of hydrogen-bond donors (Lipinski definition) is 3. The van der Waals surface area contributed by atoms with Crippen molar-refractivity contribution in [2.24, 2.45) is 0 Å². The zero-order valence-corrected chi connectivity index (χ0v) is 14.6. The average Bonchev–Trinajstić information content (AvgIpc) is 3.02. The van der Waals surface area contributed by atoms with E-state index in [0.717, 1.165) is 16.6 Å². The SMILES string of the molecule is CCN(C(=O)c1cc(C(C)C)c(O)cc1O)c1ccc2[nH]ccc2c1. The summed E-state index contributed by atoms with van der Waals surface area (Å²) in [6.07, 6.45) is 1.85. The molecule has 0 aliphatic heterocycles. The molecule has 1 heterocycles. The first-order valence-corrected chi connectivity index (χ1v) is 8.37. The third kappa shape index (κ3) is 3.05. The molecule has 0 aliphatic rings. The Labute approximate surface area is 146 Å². The van der Waals surface area contributed by atoms with Gasteiger partial charge in [0.2, 0.25) is 0 Å². The maximum absolute atomic E-state index is 13.0. The van der Waals surface area contributed by atoms with Gasteiger partial charge < -0.3 is 20.1 Å². The fourth-order valence-electron chi connectivity index (χ4n) is 3.03. The standard InChI is InChI=1S/C20H22N2O3/c1-4-22(14-5-6-17-13(9-14)7-8-21-17)20(25)16-10-15(12(2)3)18(23)11-19(16)24/h5-12,21,23-24H,4H2,1-3H3. The summed E-state index contributed by atoms with van der Waals surface area (Å²) in [6.45, 7) is 6.21. The molecular weight excluding hydrogens is 316 g/mol. The Balaban J connectivity index is 2.04. The van der Waals surface area contributed by atoms with Gasteiger partial charge in [-0.2, -0.15) is 0 Å². The third-order valence-corrected chi connectivity index (χ3v) is 4.41. The molecule has 1 aromatic heterocycles. The van der Waals surface area contributed by atoms with Crippen LogP contribution in [0.25, 0.3) is 10.9 Å². The Morgan fingerprint density at radius 2 is 1.88 bits per heavy atom. The summed E-state index contributed by atoms with van der Waals surface area (Å²) in [6, 6.07) is 10.5. The smallest absolute Gasteiger partial charge is 0.262 e. The van der Waals surface area contributed by atoms with Gasteiger partial charge >= 0.3 is 0 Å². The largest absolute Gasteiger partial charge is 0.508 e. The van der Waals surface area contributed by atoms with Crippen LogP contribution in [0.3, 0.4) is 0 Å². The van der Waals surface area contributed by atoms with E-state index in [4.69, 9.17) is 0 Å². The number of benzene rings is 2. The maximum Gasteiger partial charge on any atom is 0.262 e. The third-order valence-electron chi connectivity index (χ3n) is 4.41. The summed E-state index contributed by atoms with van der Waals surface area (Å²) in [5, 5.41) is 21.2. The highest BCUT2D eigenvalue weighted by atomic mass is 16.3. The van der Waals surface area contributed by atoms with Crippen LogP contribution in [-0.4, -0.2) is 27.6 Å². The first kappa shape index (κ1) is 16.9. The van der Waals surface area contributed by atoms with Crippen LogP contribution in [-0.2, 0) is 0 Å². The predicted molar refractivity (Wildman–Crippen MR) is 99.5 cm³/mol. The summed E-state index contributed by atoms with van der Waals surface area (Å²) < 4.78 is 0. The summed E-state index contributed by atoms with van der Waals surface area (Å²) in [5.41, 5.74) is 2.59. The number of aromatic amines is 1. The number of rotatable bonds is 4. The number of aromatic hydroxyl groups is 2.